The van der Waals surface area contributed by atoms with Crippen LogP contribution in [0.15, 0.2) is 60.7 Å². The summed E-state index contributed by atoms with van der Waals surface area (Å²) >= 11 is 0. The molecule has 2 unspecified atom stereocenters. The van der Waals surface area contributed by atoms with Crippen LogP contribution >= 0.6 is 0 Å². The fraction of sp³-hybridized carbons (Fsp3) is 0.542. The van der Waals surface area contributed by atoms with Crippen LogP contribution in [0.2, 0.25) is 0 Å². The van der Waals surface area contributed by atoms with E-state index in [4.69, 9.17) is 24.2 Å². The van der Waals surface area contributed by atoms with Gasteiger partial charge in [-0.15, -0.1) is 0 Å². The lowest BCUT2D eigenvalue weighted by atomic mass is 9.98. The van der Waals surface area contributed by atoms with Crippen LogP contribution in [0.5, 0.6) is 0 Å². The van der Waals surface area contributed by atoms with Crippen LogP contribution in [0.25, 0.3) is 0 Å². The maximum absolute atomic E-state index is 6.26. The number of pyridine rings is 2. The number of anilines is 2. The molecule has 4 heterocycles. The smallest absolute Gasteiger partial charge is 0.0746 e. The van der Waals surface area contributed by atoms with Gasteiger partial charge in [0.2, 0.25) is 0 Å². The molecule has 4 aromatic rings. The van der Waals surface area contributed by atoms with Gasteiger partial charge in [0.05, 0.1) is 60.6 Å². The van der Waals surface area contributed by atoms with Gasteiger partial charge in [-0.1, -0.05) is 74.5 Å². The first-order valence-electron chi connectivity index (χ1n) is 21.0. The van der Waals surface area contributed by atoms with Gasteiger partial charge in [0.15, 0.2) is 0 Å². The highest BCUT2D eigenvalue weighted by atomic mass is 16.5. The van der Waals surface area contributed by atoms with Crippen molar-refractivity contribution in [2.75, 3.05) is 36.1 Å². The zero-order valence-corrected chi connectivity index (χ0v) is 35.0. The van der Waals surface area contributed by atoms with E-state index >= 15 is 0 Å². The zero-order chi connectivity index (χ0) is 38.9. The number of aromatic nitrogens is 2. The molecule has 55 heavy (non-hydrogen) atoms. The van der Waals surface area contributed by atoms with Gasteiger partial charge in [-0.05, 0) is 90.2 Å². The second kappa shape index (κ2) is 19.4. The van der Waals surface area contributed by atoms with Crippen molar-refractivity contribution in [3.05, 3.63) is 117 Å². The van der Waals surface area contributed by atoms with E-state index in [1.54, 1.807) is 0 Å². The Bertz CT molecular complexity index is 1690. The van der Waals surface area contributed by atoms with E-state index in [1.807, 2.05) is 0 Å². The normalized spacial score (nSPS) is 14.7. The van der Waals surface area contributed by atoms with Crippen molar-refractivity contribution in [1.82, 2.24) is 9.97 Å². The Kier molecular flexibility index (Phi) is 14.4. The summed E-state index contributed by atoms with van der Waals surface area (Å²) < 4.78 is 18.3. The van der Waals surface area contributed by atoms with Crippen LogP contribution in [0, 0.1) is 25.7 Å². The van der Waals surface area contributed by atoms with Crippen molar-refractivity contribution in [2.45, 2.75) is 132 Å². The van der Waals surface area contributed by atoms with E-state index in [0.717, 1.165) is 87.6 Å². The summed E-state index contributed by atoms with van der Waals surface area (Å²) in [5.41, 5.74) is 15.0. The first-order chi connectivity index (χ1) is 26.6. The maximum atomic E-state index is 6.26. The summed E-state index contributed by atoms with van der Waals surface area (Å²) in [6.45, 7) is 24.6. The molecule has 7 nitrogen and oxygen atoms in total. The van der Waals surface area contributed by atoms with Gasteiger partial charge in [0.25, 0.3) is 0 Å². The topological polar surface area (TPSA) is 60.0 Å². The minimum atomic E-state index is 0.384. The molecule has 2 aromatic heterocycles. The maximum Gasteiger partial charge on any atom is 0.0746 e. The molecule has 0 bridgehead atoms. The highest BCUT2D eigenvalue weighted by Gasteiger charge is 2.29. The molecule has 2 aliphatic rings. The Balaban J connectivity index is 0.960. The Morgan fingerprint density at radius 2 is 0.927 bits per heavy atom. The molecular formula is C48H66N4O3. The molecule has 2 aromatic carbocycles. The molecule has 0 amide bonds. The van der Waals surface area contributed by atoms with Crippen molar-refractivity contribution >= 4 is 11.4 Å². The van der Waals surface area contributed by atoms with Crippen molar-refractivity contribution in [1.29, 1.82) is 0 Å². The number of ether oxygens (including phenoxy) is 3. The van der Waals surface area contributed by atoms with Gasteiger partial charge in [-0.2, -0.15) is 0 Å². The van der Waals surface area contributed by atoms with Crippen molar-refractivity contribution in [2.24, 2.45) is 11.8 Å². The fourth-order valence-corrected chi connectivity index (χ4v) is 8.45. The lowest BCUT2D eigenvalue weighted by molar-refractivity contribution is 0.109. The SMILES string of the molecule is Cc1nc(Cc2ccccc2)c2c(c1N(CCC(C)CCOCCC(C)CCN(c1c(C)nc(Cc3ccccc3)c3c1COC3)C(C)C)C(C)C)COC2. The molecule has 0 radical (unpaired) electrons. The standard InChI is InChI=1S/C48H66N4O3/c1-33(2)51(47-37(7)49-45(41-29-54-31-43(41)47)27-39-15-11-9-12-16-39)23-19-35(5)21-25-53-26-22-36(6)20-24-52(34(3)4)48-38(8)50-46(42-30-55-32-44(42)48)28-40-17-13-10-14-18-40/h9-18,33-36H,19-32H2,1-8H3. The molecule has 2 aliphatic heterocycles. The number of fused-ring (bicyclic) bond motifs is 2. The summed E-state index contributed by atoms with van der Waals surface area (Å²) in [4.78, 5) is 15.5. The van der Waals surface area contributed by atoms with E-state index in [1.165, 1.54) is 44.8 Å². The third-order valence-corrected chi connectivity index (χ3v) is 11.8. The van der Waals surface area contributed by atoms with Gasteiger partial charge >= 0.3 is 0 Å². The largest absolute Gasteiger partial charge is 0.381 e. The molecule has 0 N–H and O–H groups in total. The van der Waals surface area contributed by atoms with Crippen molar-refractivity contribution in [3.63, 3.8) is 0 Å². The summed E-state index contributed by atoms with van der Waals surface area (Å²) in [6.07, 6.45) is 6.10. The van der Waals surface area contributed by atoms with E-state index in [0.29, 0.717) is 50.3 Å². The van der Waals surface area contributed by atoms with Gasteiger partial charge in [-0.25, -0.2) is 0 Å². The number of nitrogens with zero attached hydrogens (tertiary/aromatic N) is 4. The van der Waals surface area contributed by atoms with Gasteiger partial charge in [-0.3, -0.25) is 9.97 Å². The van der Waals surface area contributed by atoms with Crippen LogP contribution in [-0.2, 0) is 53.5 Å². The van der Waals surface area contributed by atoms with Crippen LogP contribution in [-0.4, -0.2) is 48.4 Å². The van der Waals surface area contributed by atoms with Crippen LogP contribution < -0.4 is 9.80 Å². The molecule has 0 saturated heterocycles. The van der Waals surface area contributed by atoms with Crippen LogP contribution in [0.4, 0.5) is 11.4 Å². The molecule has 0 spiro atoms. The number of rotatable bonds is 20. The highest BCUT2D eigenvalue weighted by Crippen LogP contribution is 2.38. The molecule has 2 atom stereocenters. The predicted octanol–water partition coefficient (Wildman–Crippen LogP) is 10.3. The zero-order valence-electron chi connectivity index (χ0n) is 35.0. The lowest BCUT2D eigenvalue weighted by Crippen LogP contribution is -2.34. The van der Waals surface area contributed by atoms with Gasteiger partial charge in [0, 0.05) is 73.5 Å². The molecule has 296 valence electrons. The fourth-order valence-electron chi connectivity index (χ4n) is 8.45. The van der Waals surface area contributed by atoms with Crippen molar-refractivity contribution in [3.8, 4) is 0 Å². The Morgan fingerprint density at radius 1 is 0.545 bits per heavy atom. The van der Waals surface area contributed by atoms with Gasteiger partial charge < -0.3 is 24.0 Å². The Labute approximate surface area is 331 Å². The summed E-state index contributed by atoms with van der Waals surface area (Å²) in [6, 6.07) is 22.1. The molecule has 0 saturated carbocycles. The number of hydrogen-bond acceptors (Lipinski definition) is 7. The number of aryl methyl sites for hydroxylation is 2. The van der Waals surface area contributed by atoms with Crippen LogP contribution in [0.3, 0.4) is 0 Å². The van der Waals surface area contributed by atoms with Crippen molar-refractivity contribution < 1.29 is 14.2 Å². The minimum absolute atomic E-state index is 0.384. The second-order valence-corrected chi connectivity index (χ2v) is 16.8. The second-order valence-electron chi connectivity index (χ2n) is 16.8. The molecular weight excluding hydrogens is 681 g/mol. The van der Waals surface area contributed by atoms with E-state index in [-0.39, 0.29) is 0 Å². The summed E-state index contributed by atoms with van der Waals surface area (Å²) in [5.74, 6) is 1.16. The highest BCUT2D eigenvalue weighted by molar-refractivity contribution is 5.63. The van der Waals surface area contributed by atoms with E-state index in [2.05, 4.69) is 126 Å². The number of benzene rings is 2. The molecule has 0 aliphatic carbocycles. The van der Waals surface area contributed by atoms with E-state index in [9.17, 15) is 0 Å². The van der Waals surface area contributed by atoms with Gasteiger partial charge in [0.1, 0.15) is 0 Å². The molecule has 6 rings (SSSR count). The first-order valence-corrected chi connectivity index (χ1v) is 21.0. The summed E-state index contributed by atoms with van der Waals surface area (Å²) in [7, 11) is 0. The third-order valence-electron chi connectivity index (χ3n) is 11.8. The lowest BCUT2D eigenvalue weighted by Gasteiger charge is -2.33. The monoisotopic (exact) mass is 747 g/mol. The Hall–Kier alpha value is -3.78. The molecule has 7 heteroatoms. The number of hydrogen-bond donors (Lipinski definition) is 0. The average molecular weight is 747 g/mol. The third kappa shape index (κ3) is 10.3. The minimum Gasteiger partial charge on any atom is -0.381 e. The quantitative estimate of drug-likeness (QED) is 0.0835. The van der Waals surface area contributed by atoms with E-state index < -0.39 is 0 Å². The summed E-state index contributed by atoms with van der Waals surface area (Å²) in [5, 5.41) is 0. The predicted molar refractivity (Wildman–Crippen MR) is 226 cm³/mol. The first kappa shape index (κ1) is 40.9. The average Bonchev–Trinajstić information content (AvgIpc) is 3.86. The Morgan fingerprint density at radius 3 is 1.31 bits per heavy atom. The van der Waals surface area contributed by atoms with Crippen LogP contribution in [0.1, 0.15) is 123 Å². The molecule has 0 fully saturated rings.